The molecule has 30 heavy (non-hydrogen) atoms. The minimum atomic E-state index is -0.222. The van der Waals surface area contributed by atoms with Crippen molar-refractivity contribution in [3.05, 3.63) is 75.8 Å². The molecule has 0 spiro atoms. The molecule has 2 aromatic heterocycles. The number of thiazole rings is 1. The van der Waals surface area contributed by atoms with Crippen LogP contribution < -0.4 is 5.56 Å². The number of fused-ring (bicyclic) bond motifs is 2. The minimum Gasteiger partial charge on any atom is -0.383 e. The first-order valence-corrected chi connectivity index (χ1v) is 10.2. The molecule has 0 unspecified atom stereocenters. The van der Waals surface area contributed by atoms with Gasteiger partial charge in [-0.15, -0.1) is 11.3 Å². The summed E-state index contributed by atoms with van der Waals surface area (Å²) in [6, 6.07) is 15.0. The zero-order chi connectivity index (χ0) is 20.9. The van der Waals surface area contributed by atoms with Crippen molar-refractivity contribution in [2.75, 3.05) is 20.3 Å². The molecule has 8 heteroatoms. The number of para-hydroxylation sites is 2. The standard InChI is InChI=1S/C22H20N4O3S/c1-29-13-12-26(14-19-23-16-7-3-2-6-15(16)22(28)25-19)21(27)11-10-20-24-17-8-4-5-9-18(17)30-20/h2-11H,12-14H2,1H3,(H,23,25,28). The van der Waals surface area contributed by atoms with E-state index in [1.165, 1.54) is 17.4 Å². The normalized spacial score (nSPS) is 11.5. The first-order chi connectivity index (χ1) is 14.6. The van der Waals surface area contributed by atoms with Crippen LogP contribution in [-0.4, -0.2) is 46.0 Å². The van der Waals surface area contributed by atoms with Gasteiger partial charge in [-0.2, -0.15) is 0 Å². The number of hydrogen-bond acceptors (Lipinski definition) is 6. The van der Waals surface area contributed by atoms with E-state index in [4.69, 9.17) is 4.74 Å². The van der Waals surface area contributed by atoms with Crippen LogP contribution in [0.2, 0.25) is 0 Å². The highest BCUT2D eigenvalue weighted by Gasteiger charge is 2.14. The number of rotatable bonds is 7. The molecule has 0 aliphatic carbocycles. The predicted molar refractivity (Wildman–Crippen MR) is 118 cm³/mol. The van der Waals surface area contributed by atoms with Crippen molar-refractivity contribution < 1.29 is 9.53 Å². The van der Waals surface area contributed by atoms with Gasteiger partial charge >= 0.3 is 0 Å². The van der Waals surface area contributed by atoms with Crippen molar-refractivity contribution in [1.82, 2.24) is 19.9 Å². The fraction of sp³-hybridized carbons (Fsp3) is 0.182. The van der Waals surface area contributed by atoms with Crippen LogP contribution in [-0.2, 0) is 16.1 Å². The SMILES string of the molecule is COCCN(Cc1nc2ccccc2c(=O)[nH]1)C(=O)C=Cc1nc2ccccc2s1. The van der Waals surface area contributed by atoms with E-state index < -0.39 is 0 Å². The Morgan fingerprint density at radius 2 is 1.90 bits per heavy atom. The molecule has 0 saturated carbocycles. The topological polar surface area (TPSA) is 88.2 Å². The number of aromatic amines is 1. The van der Waals surface area contributed by atoms with Gasteiger partial charge in [-0.3, -0.25) is 9.59 Å². The summed E-state index contributed by atoms with van der Waals surface area (Å²) in [5, 5.41) is 1.28. The van der Waals surface area contributed by atoms with E-state index in [9.17, 15) is 9.59 Å². The number of H-pyrrole nitrogens is 1. The molecule has 0 atom stereocenters. The monoisotopic (exact) mass is 420 g/mol. The van der Waals surface area contributed by atoms with E-state index in [1.807, 2.05) is 30.3 Å². The van der Waals surface area contributed by atoms with Gasteiger partial charge in [-0.05, 0) is 30.3 Å². The Balaban J connectivity index is 1.55. The number of nitrogens with zero attached hydrogens (tertiary/aromatic N) is 3. The summed E-state index contributed by atoms with van der Waals surface area (Å²) in [6.07, 6.45) is 3.20. The second kappa shape index (κ2) is 8.98. The van der Waals surface area contributed by atoms with Crippen LogP contribution in [0.1, 0.15) is 10.8 Å². The van der Waals surface area contributed by atoms with Crippen LogP contribution in [0.5, 0.6) is 0 Å². The number of nitrogens with one attached hydrogen (secondary N) is 1. The van der Waals surface area contributed by atoms with E-state index in [0.29, 0.717) is 29.9 Å². The molecule has 0 aliphatic heterocycles. The van der Waals surface area contributed by atoms with Gasteiger partial charge in [0.2, 0.25) is 5.91 Å². The lowest BCUT2D eigenvalue weighted by Gasteiger charge is -2.20. The molecular formula is C22H20N4O3S. The summed E-state index contributed by atoms with van der Waals surface area (Å²) in [5.74, 6) is 0.221. The van der Waals surface area contributed by atoms with E-state index >= 15 is 0 Å². The molecule has 0 bridgehead atoms. The molecule has 4 rings (SSSR count). The van der Waals surface area contributed by atoms with E-state index in [1.54, 1.807) is 36.3 Å². The molecule has 2 aromatic carbocycles. The Kier molecular flexibility index (Phi) is 5.97. The number of aromatic nitrogens is 3. The summed E-state index contributed by atoms with van der Waals surface area (Å²) < 4.78 is 6.20. The third-order valence-corrected chi connectivity index (χ3v) is 5.56. The minimum absolute atomic E-state index is 0.173. The maximum atomic E-state index is 12.8. The summed E-state index contributed by atoms with van der Waals surface area (Å²) >= 11 is 1.52. The lowest BCUT2D eigenvalue weighted by Crippen LogP contribution is -2.33. The average Bonchev–Trinajstić information content (AvgIpc) is 3.18. The van der Waals surface area contributed by atoms with Crippen LogP contribution in [0.3, 0.4) is 0 Å². The lowest BCUT2D eigenvalue weighted by atomic mass is 10.2. The maximum absolute atomic E-state index is 12.8. The Hall–Kier alpha value is -3.36. The average molecular weight is 420 g/mol. The number of carbonyl (C=O) groups is 1. The number of amides is 1. The van der Waals surface area contributed by atoms with Crippen LogP contribution in [0, 0.1) is 0 Å². The zero-order valence-corrected chi connectivity index (χ0v) is 17.2. The highest BCUT2D eigenvalue weighted by Crippen LogP contribution is 2.22. The molecule has 0 radical (unpaired) electrons. The molecular weight excluding hydrogens is 400 g/mol. The summed E-state index contributed by atoms with van der Waals surface area (Å²) in [5.41, 5.74) is 1.28. The Bertz CT molecular complexity index is 1250. The van der Waals surface area contributed by atoms with Gasteiger partial charge in [-0.25, -0.2) is 9.97 Å². The van der Waals surface area contributed by atoms with E-state index in [2.05, 4.69) is 15.0 Å². The number of carbonyl (C=O) groups excluding carboxylic acids is 1. The van der Waals surface area contributed by atoms with Crippen molar-refractivity contribution in [3.8, 4) is 0 Å². The third-order valence-electron chi connectivity index (χ3n) is 4.56. The second-order valence-corrected chi connectivity index (χ2v) is 7.70. The van der Waals surface area contributed by atoms with Crippen LogP contribution in [0.15, 0.2) is 59.4 Å². The predicted octanol–water partition coefficient (Wildman–Crippen LogP) is 3.22. The van der Waals surface area contributed by atoms with Gasteiger partial charge in [0.15, 0.2) is 0 Å². The van der Waals surface area contributed by atoms with Crippen LogP contribution in [0.25, 0.3) is 27.2 Å². The van der Waals surface area contributed by atoms with Crippen molar-refractivity contribution in [3.63, 3.8) is 0 Å². The first kappa shape index (κ1) is 19.9. The zero-order valence-electron chi connectivity index (χ0n) is 16.4. The van der Waals surface area contributed by atoms with Crippen LogP contribution >= 0.6 is 11.3 Å². The molecule has 1 amide bonds. The quantitative estimate of drug-likeness (QED) is 0.464. The van der Waals surface area contributed by atoms with E-state index in [0.717, 1.165) is 15.2 Å². The Labute approximate surface area is 176 Å². The molecule has 0 aliphatic rings. The fourth-order valence-electron chi connectivity index (χ4n) is 3.07. The third kappa shape index (κ3) is 4.45. The second-order valence-electron chi connectivity index (χ2n) is 6.64. The molecule has 4 aromatic rings. The van der Waals surface area contributed by atoms with Crippen molar-refractivity contribution in [1.29, 1.82) is 0 Å². The molecule has 1 N–H and O–H groups in total. The summed E-state index contributed by atoms with van der Waals surface area (Å²) in [4.78, 5) is 38.5. The molecule has 0 saturated heterocycles. The van der Waals surface area contributed by atoms with Gasteiger partial charge in [0.05, 0.1) is 34.3 Å². The molecule has 7 nitrogen and oxygen atoms in total. The van der Waals surface area contributed by atoms with Gasteiger partial charge < -0.3 is 14.6 Å². The fourth-order valence-corrected chi connectivity index (χ4v) is 3.94. The number of benzene rings is 2. The van der Waals surface area contributed by atoms with Gasteiger partial charge in [0, 0.05) is 19.7 Å². The van der Waals surface area contributed by atoms with Gasteiger partial charge in [-0.1, -0.05) is 24.3 Å². The highest BCUT2D eigenvalue weighted by atomic mass is 32.1. The lowest BCUT2D eigenvalue weighted by molar-refractivity contribution is -0.127. The van der Waals surface area contributed by atoms with Crippen molar-refractivity contribution in [2.24, 2.45) is 0 Å². The molecule has 2 heterocycles. The van der Waals surface area contributed by atoms with Crippen molar-refractivity contribution >= 4 is 44.4 Å². The summed E-state index contributed by atoms with van der Waals surface area (Å²) in [6.45, 7) is 0.918. The molecule has 0 fully saturated rings. The number of ether oxygens (including phenoxy) is 1. The van der Waals surface area contributed by atoms with Crippen molar-refractivity contribution in [2.45, 2.75) is 6.54 Å². The van der Waals surface area contributed by atoms with Crippen LogP contribution in [0.4, 0.5) is 0 Å². The molecule has 152 valence electrons. The number of hydrogen-bond donors (Lipinski definition) is 1. The summed E-state index contributed by atoms with van der Waals surface area (Å²) in [7, 11) is 1.58. The maximum Gasteiger partial charge on any atom is 0.258 e. The van der Waals surface area contributed by atoms with E-state index in [-0.39, 0.29) is 18.0 Å². The number of methoxy groups -OCH3 is 1. The Morgan fingerprint density at radius 3 is 2.70 bits per heavy atom. The van der Waals surface area contributed by atoms with Gasteiger partial charge in [0.1, 0.15) is 10.8 Å². The highest BCUT2D eigenvalue weighted by molar-refractivity contribution is 7.19. The Morgan fingerprint density at radius 1 is 1.13 bits per heavy atom. The van der Waals surface area contributed by atoms with Gasteiger partial charge in [0.25, 0.3) is 5.56 Å². The largest absolute Gasteiger partial charge is 0.383 e. The first-order valence-electron chi connectivity index (χ1n) is 9.43. The smallest absolute Gasteiger partial charge is 0.258 e.